The Morgan fingerprint density at radius 3 is 2.67 bits per heavy atom. The minimum atomic E-state index is 0.675. The van der Waals surface area contributed by atoms with Crippen LogP contribution in [-0.4, -0.2) is 14.3 Å². The van der Waals surface area contributed by atoms with E-state index in [1.807, 2.05) is 32.3 Å². The molecule has 0 aliphatic rings. The lowest BCUT2D eigenvalue weighted by molar-refractivity contribution is 0.768. The van der Waals surface area contributed by atoms with Crippen LogP contribution in [-0.2, 0) is 14.1 Å². The lowest BCUT2D eigenvalue weighted by Crippen LogP contribution is -2.00. The Morgan fingerprint density at radius 2 is 2.00 bits per heavy atom. The molecule has 0 saturated carbocycles. The smallest absolute Gasteiger partial charge is 0.107 e. The second-order valence-corrected chi connectivity index (χ2v) is 4.80. The molecule has 1 aromatic carbocycles. The molecule has 4 nitrogen and oxygen atoms in total. The number of nitrogen functional groups attached to an aromatic ring is 1. The van der Waals surface area contributed by atoms with Gasteiger partial charge in [0.05, 0.1) is 17.6 Å². The average molecular weight is 261 g/mol. The Hall–Kier alpha value is -1.94. The maximum absolute atomic E-state index is 6.02. The van der Waals surface area contributed by atoms with Crippen LogP contribution in [0, 0.1) is 0 Å². The topological polar surface area (TPSA) is 48.8 Å². The van der Waals surface area contributed by atoms with E-state index in [4.69, 9.17) is 17.3 Å². The first kappa shape index (κ1) is 11.2. The summed E-state index contributed by atoms with van der Waals surface area (Å²) >= 11 is 6.02. The molecular weight excluding hydrogens is 248 g/mol. The van der Waals surface area contributed by atoms with Gasteiger partial charge in [-0.2, -0.15) is 5.10 Å². The molecule has 0 bridgehead atoms. The van der Waals surface area contributed by atoms with Crippen molar-refractivity contribution in [1.82, 2.24) is 14.3 Å². The molecule has 0 saturated heterocycles. The molecule has 0 fully saturated rings. The van der Waals surface area contributed by atoms with Crippen molar-refractivity contribution in [3.63, 3.8) is 0 Å². The minimum absolute atomic E-state index is 0.675. The van der Waals surface area contributed by atoms with E-state index in [-0.39, 0.29) is 0 Å². The van der Waals surface area contributed by atoms with Gasteiger partial charge in [0.1, 0.15) is 5.69 Å². The summed E-state index contributed by atoms with van der Waals surface area (Å²) in [7, 11) is 3.90. The van der Waals surface area contributed by atoms with E-state index in [0.29, 0.717) is 5.69 Å². The molecule has 2 N–H and O–H groups in total. The summed E-state index contributed by atoms with van der Waals surface area (Å²) in [6.07, 6.45) is 1.67. The molecule has 92 valence electrons. The number of anilines is 1. The van der Waals surface area contributed by atoms with Gasteiger partial charge in [-0.25, -0.2) is 0 Å². The highest BCUT2D eigenvalue weighted by Gasteiger charge is 2.14. The number of aryl methyl sites for hydroxylation is 2. The zero-order valence-electron chi connectivity index (χ0n) is 10.2. The number of hydrogen-bond donors (Lipinski definition) is 1. The fraction of sp³-hybridized carbons (Fsp3) is 0.154. The van der Waals surface area contributed by atoms with Crippen LogP contribution < -0.4 is 5.73 Å². The summed E-state index contributed by atoms with van der Waals surface area (Å²) in [6.45, 7) is 0. The van der Waals surface area contributed by atoms with E-state index in [1.54, 1.807) is 10.9 Å². The van der Waals surface area contributed by atoms with Crippen molar-refractivity contribution in [3.8, 4) is 11.4 Å². The first-order valence-corrected chi connectivity index (χ1v) is 5.98. The molecule has 0 unspecified atom stereocenters. The minimum Gasteiger partial charge on any atom is -0.396 e. The molecule has 0 aliphatic heterocycles. The van der Waals surface area contributed by atoms with Crippen LogP contribution in [0.15, 0.2) is 30.5 Å². The van der Waals surface area contributed by atoms with Crippen LogP contribution in [0.4, 0.5) is 5.69 Å². The van der Waals surface area contributed by atoms with Gasteiger partial charge in [0.25, 0.3) is 0 Å². The van der Waals surface area contributed by atoms with Gasteiger partial charge in [-0.15, -0.1) is 0 Å². The van der Waals surface area contributed by atoms with E-state index in [2.05, 4.69) is 15.7 Å². The number of halogens is 1. The summed E-state index contributed by atoms with van der Waals surface area (Å²) in [4.78, 5) is 0. The Labute approximate surface area is 110 Å². The monoisotopic (exact) mass is 260 g/mol. The number of aromatic nitrogens is 3. The van der Waals surface area contributed by atoms with E-state index >= 15 is 0 Å². The van der Waals surface area contributed by atoms with Crippen molar-refractivity contribution < 1.29 is 0 Å². The molecule has 0 radical (unpaired) electrons. The van der Waals surface area contributed by atoms with Crippen molar-refractivity contribution in [3.05, 3.63) is 35.5 Å². The largest absolute Gasteiger partial charge is 0.396 e. The maximum Gasteiger partial charge on any atom is 0.107 e. The van der Waals surface area contributed by atoms with E-state index < -0.39 is 0 Å². The number of rotatable bonds is 1. The normalized spacial score (nSPS) is 11.3. The van der Waals surface area contributed by atoms with Gasteiger partial charge in [-0.3, -0.25) is 4.68 Å². The van der Waals surface area contributed by atoms with Gasteiger partial charge in [-0.1, -0.05) is 11.6 Å². The van der Waals surface area contributed by atoms with E-state index in [9.17, 15) is 0 Å². The molecule has 18 heavy (non-hydrogen) atoms. The lowest BCUT2D eigenvalue weighted by Gasteiger charge is -2.05. The second-order valence-electron chi connectivity index (χ2n) is 4.36. The Kier molecular flexibility index (Phi) is 2.35. The van der Waals surface area contributed by atoms with Gasteiger partial charge in [0.15, 0.2) is 0 Å². The summed E-state index contributed by atoms with van der Waals surface area (Å²) < 4.78 is 3.88. The van der Waals surface area contributed by atoms with Gasteiger partial charge < -0.3 is 10.3 Å². The number of nitrogens with zero attached hydrogens (tertiary/aromatic N) is 3. The highest BCUT2D eigenvalue weighted by atomic mass is 35.5. The van der Waals surface area contributed by atoms with Crippen molar-refractivity contribution in [2.45, 2.75) is 0 Å². The quantitative estimate of drug-likeness (QED) is 0.731. The molecule has 0 atom stereocenters. The number of nitrogens with two attached hydrogens (primary N) is 1. The lowest BCUT2D eigenvalue weighted by atomic mass is 10.2. The van der Waals surface area contributed by atoms with Crippen LogP contribution in [0.3, 0.4) is 0 Å². The van der Waals surface area contributed by atoms with Crippen LogP contribution in [0.1, 0.15) is 0 Å². The number of benzene rings is 1. The van der Waals surface area contributed by atoms with Gasteiger partial charge in [-0.05, 0) is 24.3 Å². The highest BCUT2D eigenvalue weighted by Crippen LogP contribution is 2.31. The average Bonchev–Trinajstić information content (AvgIpc) is 2.80. The van der Waals surface area contributed by atoms with Gasteiger partial charge in [0, 0.05) is 30.0 Å². The number of fused-ring (bicyclic) bond motifs is 1. The third-order valence-corrected chi connectivity index (χ3v) is 3.45. The van der Waals surface area contributed by atoms with Crippen molar-refractivity contribution in [1.29, 1.82) is 0 Å². The Balaban J connectivity index is 2.34. The highest BCUT2D eigenvalue weighted by molar-refractivity contribution is 6.31. The molecule has 0 spiro atoms. The molecule has 2 aromatic heterocycles. The summed E-state index contributed by atoms with van der Waals surface area (Å²) in [5, 5.41) is 6.01. The van der Waals surface area contributed by atoms with Crippen molar-refractivity contribution in [2.75, 3.05) is 5.73 Å². The fourth-order valence-electron chi connectivity index (χ4n) is 2.32. The first-order valence-electron chi connectivity index (χ1n) is 5.61. The summed E-state index contributed by atoms with van der Waals surface area (Å²) in [5.74, 6) is 0. The zero-order chi connectivity index (χ0) is 12.9. The second kappa shape index (κ2) is 3.78. The molecule has 0 amide bonds. The molecule has 3 aromatic rings. The summed E-state index contributed by atoms with van der Waals surface area (Å²) in [5.41, 5.74) is 9.72. The fourth-order valence-corrected chi connectivity index (χ4v) is 2.50. The van der Waals surface area contributed by atoms with Crippen molar-refractivity contribution >= 4 is 28.2 Å². The molecular formula is C13H13ClN4. The Bertz CT molecular complexity index is 719. The third-order valence-electron chi connectivity index (χ3n) is 3.21. The SMILES string of the molecule is Cn1ncc(N)c1-c1cc2cc(Cl)ccc2n1C. The molecule has 3 rings (SSSR count). The molecule has 0 aliphatic carbocycles. The zero-order valence-corrected chi connectivity index (χ0v) is 10.9. The Morgan fingerprint density at radius 1 is 1.22 bits per heavy atom. The van der Waals surface area contributed by atoms with Crippen LogP contribution >= 0.6 is 11.6 Å². The van der Waals surface area contributed by atoms with Crippen LogP contribution in [0.2, 0.25) is 5.02 Å². The first-order chi connectivity index (χ1) is 8.58. The van der Waals surface area contributed by atoms with Crippen LogP contribution in [0.25, 0.3) is 22.3 Å². The standard InChI is InChI=1S/C13H13ClN4/c1-17-11-4-3-9(14)5-8(11)6-12(17)13-10(15)7-16-18(13)2/h3-7H,15H2,1-2H3. The predicted octanol–water partition coefficient (Wildman–Crippen LogP) is 2.81. The van der Waals surface area contributed by atoms with E-state index in [0.717, 1.165) is 27.3 Å². The number of hydrogen-bond acceptors (Lipinski definition) is 2. The van der Waals surface area contributed by atoms with Crippen LogP contribution in [0.5, 0.6) is 0 Å². The van der Waals surface area contributed by atoms with E-state index in [1.165, 1.54) is 0 Å². The predicted molar refractivity (Wildman–Crippen MR) is 74.5 cm³/mol. The summed E-state index contributed by atoms with van der Waals surface area (Å²) in [6, 6.07) is 7.93. The molecule has 2 heterocycles. The van der Waals surface area contributed by atoms with Gasteiger partial charge >= 0.3 is 0 Å². The molecule has 5 heteroatoms. The third kappa shape index (κ3) is 1.49. The maximum atomic E-state index is 6.02. The van der Waals surface area contributed by atoms with Gasteiger partial charge in [0.2, 0.25) is 0 Å². The van der Waals surface area contributed by atoms with Crippen molar-refractivity contribution in [2.24, 2.45) is 14.1 Å².